The molecule has 0 saturated heterocycles. The van der Waals surface area contributed by atoms with Gasteiger partial charge in [0.1, 0.15) is 0 Å². The minimum atomic E-state index is 0.925. The second kappa shape index (κ2) is 4.74. The maximum absolute atomic E-state index is 2.40. The Morgan fingerprint density at radius 3 is 2.45 bits per heavy atom. The smallest absolute Gasteiger partial charge is 0.0204 e. The first-order valence-corrected chi connectivity index (χ1v) is 7.51. The van der Waals surface area contributed by atoms with Gasteiger partial charge in [-0.1, -0.05) is 23.2 Å². The molecule has 0 fully saturated rings. The highest BCUT2D eigenvalue weighted by molar-refractivity contribution is 14.1. The van der Waals surface area contributed by atoms with Gasteiger partial charge in [-0.15, -0.1) is 0 Å². The van der Waals surface area contributed by atoms with Crippen molar-refractivity contribution < 1.29 is 0 Å². The normalized spacial score (nSPS) is 12.3. The van der Waals surface area contributed by atoms with Gasteiger partial charge in [0.15, 0.2) is 0 Å². The van der Waals surface area contributed by atoms with E-state index in [4.69, 9.17) is 0 Å². The van der Waals surface area contributed by atoms with E-state index in [1.165, 1.54) is 14.2 Å². The fraction of sp³-hybridized carbons (Fsp3) is 0.250. The first-order valence-electron chi connectivity index (χ1n) is 3.43. The molecule has 0 spiro atoms. The molecule has 0 nitrogen and oxygen atoms in total. The molecule has 60 valence electrons. The third-order valence-electron chi connectivity index (χ3n) is 1.52. The zero-order valence-corrected chi connectivity index (χ0v) is 10.8. The quantitative estimate of drug-likeness (QED) is 0.579. The minimum absolute atomic E-state index is 0.925. The monoisotopic (exact) mass is 296 g/mol. The third kappa shape index (κ3) is 2.65. The Morgan fingerprint density at radius 2 is 1.91 bits per heavy atom. The molecule has 0 aliphatic heterocycles. The number of hydrogen-bond acceptors (Lipinski definition) is 0. The largest absolute Gasteiger partial charge is 0.0936 e. The molecule has 0 aromatic heterocycles. The van der Waals surface area contributed by atoms with E-state index >= 15 is 0 Å². The highest BCUT2D eigenvalue weighted by atomic mass is 127. The number of halogens is 1. The lowest BCUT2D eigenvalue weighted by Crippen LogP contribution is -2.06. The van der Waals surface area contributed by atoms with Crippen molar-refractivity contribution in [2.45, 2.75) is 0 Å². The lowest BCUT2D eigenvalue weighted by atomic mass is 10.4. The fourth-order valence-electron chi connectivity index (χ4n) is 0.872. The van der Waals surface area contributed by atoms with Crippen LogP contribution in [-0.4, -0.2) is 13.3 Å². The zero-order valence-electron chi connectivity index (χ0n) is 6.61. The molecule has 1 rings (SSSR count). The molecule has 2 atom stereocenters. The van der Waals surface area contributed by atoms with Gasteiger partial charge < -0.3 is 0 Å². The number of hydrogen-bond donors (Lipinski definition) is 0. The topological polar surface area (TPSA) is 0 Å². The van der Waals surface area contributed by atoms with E-state index in [-0.39, 0.29) is 0 Å². The Hall–Kier alpha value is 0.810. The molecule has 2 unspecified atom stereocenters. The standard InChI is InChI=1S/C8H11IP2/c1-10-6-3-4-7(9)8(5-6)11-2/h3-5,10-11H,1-2H3. The Morgan fingerprint density at radius 1 is 1.18 bits per heavy atom. The first kappa shape index (κ1) is 9.89. The molecule has 0 radical (unpaired) electrons. The van der Waals surface area contributed by atoms with Crippen LogP contribution in [0.15, 0.2) is 18.2 Å². The molecule has 0 saturated carbocycles. The minimum Gasteiger partial charge on any atom is -0.0936 e. The predicted molar refractivity (Wildman–Crippen MR) is 66.9 cm³/mol. The maximum Gasteiger partial charge on any atom is 0.0204 e. The Labute approximate surface area is 85.3 Å². The summed E-state index contributed by atoms with van der Waals surface area (Å²) < 4.78 is 1.41. The average molecular weight is 296 g/mol. The molecule has 0 N–H and O–H groups in total. The van der Waals surface area contributed by atoms with Gasteiger partial charge >= 0.3 is 0 Å². The van der Waals surface area contributed by atoms with Crippen molar-refractivity contribution in [3.63, 3.8) is 0 Å². The van der Waals surface area contributed by atoms with Crippen molar-refractivity contribution in [2.24, 2.45) is 0 Å². The molecule has 0 aliphatic carbocycles. The second-order valence-corrected chi connectivity index (χ2v) is 5.47. The molecule has 0 heterocycles. The number of rotatable bonds is 2. The van der Waals surface area contributed by atoms with Crippen LogP contribution in [-0.2, 0) is 0 Å². The maximum atomic E-state index is 2.40. The summed E-state index contributed by atoms with van der Waals surface area (Å²) >= 11 is 2.40. The number of benzene rings is 1. The van der Waals surface area contributed by atoms with Crippen LogP contribution in [0.1, 0.15) is 0 Å². The van der Waals surface area contributed by atoms with E-state index in [1.54, 1.807) is 0 Å². The van der Waals surface area contributed by atoms with Crippen molar-refractivity contribution in [3.8, 4) is 0 Å². The van der Waals surface area contributed by atoms with Gasteiger partial charge in [0.05, 0.1) is 0 Å². The highest BCUT2D eigenvalue weighted by Crippen LogP contribution is 2.13. The van der Waals surface area contributed by atoms with Crippen LogP contribution in [0.2, 0.25) is 0 Å². The lowest BCUT2D eigenvalue weighted by Gasteiger charge is -2.03. The van der Waals surface area contributed by atoms with E-state index in [1.807, 2.05) is 0 Å². The van der Waals surface area contributed by atoms with Crippen molar-refractivity contribution in [3.05, 3.63) is 21.8 Å². The van der Waals surface area contributed by atoms with Crippen LogP contribution in [0.5, 0.6) is 0 Å². The van der Waals surface area contributed by atoms with Crippen molar-refractivity contribution in [2.75, 3.05) is 13.3 Å². The van der Waals surface area contributed by atoms with Crippen LogP contribution in [0, 0.1) is 3.57 Å². The SMILES string of the molecule is CPc1ccc(I)c(PC)c1. The molecule has 0 amide bonds. The van der Waals surface area contributed by atoms with E-state index < -0.39 is 0 Å². The third-order valence-corrected chi connectivity index (χ3v) is 4.81. The zero-order chi connectivity index (χ0) is 8.27. The van der Waals surface area contributed by atoms with Crippen LogP contribution < -0.4 is 10.6 Å². The van der Waals surface area contributed by atoms with Crippen molar-refractivity contribution >= 4 is 50.4 Å². The summed E-state index contributed by atoms with van der Waals surface area (Å²) in [7, 11) is 1.85. The van der Waals surface area contributed by atoms with Crippen molar-refractivity contribution in [1.29, 1.82) is 0 Å². The Kier molecular flexibility index (Phi) is 4.27. The van der Waals surface area contributed by atoms with Crippen molar-refractivity contribution in [1.82, 2.24) is 0 Å². The van der Waals surface area contributed by atoms with Crippen LogP contribution >= 0.6 is 39.8 Å². The summed E-state index contributed by atoms with van der Waals surface area (Å²) in [6.07, 6.45) is 0. The van der Waals surface area contributed by atoms with Gasteiger partial charge in [0.25, 0.3) is 0 Å². The lowest BCUT2D eigenvalue weighted by molar-refractivity contribution is 1.76. The molecule has 3 heteroatoms. The Balaban J connectivity index is 3.02. The fourth-order valence-corrected chi connectivity index (χ4v) is 3.32. The van der Waals surface area contributed by atoms with E-state index in [9.17, 15) is 0 Å². The molecular weight excluding hydrogens is 285 g/mol. The van der Waals surface area contributed by atoms with Gasteiger partial charge in [-0.2, -0.15) is 0 Å². The van der Waals surface area contributed by atoms with Gasteiger partial charge in [0.2, 0.25) is 0 Å². The second-order valence-electron chi connectivity index (χ2n) is 2.19. The van der Waals surface area contributed by atoms with Crippen LogP contribution in [0.3, 0.4) is 0 Å². The van der Waals surface area contributed by atoms with E-state index in [0.29, 0.717) is 0 Å². The molecule has 1 aromatic carbocycles. The van der Waals surface area contributed by atoms with E-state index in [0.717, 1.165) is 17.2 Å². The summed E-state index contributed by atoms with van der Waals surface area (Å²) in [4.78, 5) is 0. The van der Waals surface area contributed by atoms with E-state index in [2.05, 4.69) is 54.1 Å². The first-order chi connectivity index (χ1) is 5.27. The van der Waals surface area contributed by atoms with Gasteiger partial charge in [-0.25, -0.2) is 0 Å². The predicted octanol–water partition coefficient (Wildman–Crippen LogP) is 2.16. The average Bonchev–Trinajstić information content (AvgIpc) is 2.05. The summed E-state index contributed by atoms with van der Waals surface area (Å²) in [5.41, 5.74) is 0. The Bertz CT molecular complexity index is 248. The van der Waals surface area contributed by atoms with Crippen LogP contribution in [0.25, 0.3) is 0 Å². The molecular formula is C8H11IP2. The summed E-state index contributed by atoms with van der Waals surface area (Å²) in [6.45, 7) is 4.46. The summed E-state index contributed by atoms with van der Waals surface area (Å²) in [6, 6.07) is 6.78. The molecule has 11 heavy (non-hydrogen) atoms. The van der Waals surface area contributed by atoms with Gasteiger partial charge in [-0.05, 0) is 58.7 Å². The molecule has 0 bridgehead atoms. The van der Waals surface area contributed by atoms with Crippen LogP contribution in [0.4, 0.5) is 0 Å². The van der Waals surface area contributed by atoms with Gasteiger partial charge in [-0.3, -0.25) is 0 Å². The molecule has 1 aromatic rings. The highest BCUT2D eigenvalue weighted by Gasteiger charge is 1.97. The molecule has 0 aliphatic rings. The van der Waals surface area contributed by atoms with Gasteiger partial charge in [0, 0.05) is 3.57 Å². The summed E-state index contributed by atoms with van der Waals surface area (Å²) in [5, 5.41) is 2.99. The summed E-state index contributed by atoms with van der Waals surface area (Å²) in [5.74, 6) is 0.